The lowest BCUT2D eigenvalue weighted by Gasteiger charge is -2.45. The topological polar surface area (TPSA) is 154 Å². The minimum absolute atomic E-state index is 0.170. The van der Waals surface area contributed by atoms with Crippen LogP contribution in [0.1, 0.15) is 34.7 Å². The SMILES string of the molecule is CCc1ccc(Cc2cc([C@]3(O)O[C@H](CO)[C@@H](O)[C@H](O)[C@H]3O)c(O)cc2C#N)cc1. The highest BCUT2D eigenvalue weighted by Gasteiger charge is 2.54. The summed E-state index contributed by atoms with van der Waals surface area (Å²) in [5.41, 5.74) is 2.39. The summed E-state index contributed by atoms with van der Waals surface area (Å²) in [5.74, 6) is -3.14. The number of ether oxygens (including phenoxy) is 1. The quantitative estimate of drug-likeness (QED) is 0.400. The van der Waals surface area contributed by atoms with Crippen molar-refractivity contribution >= 4 is 0 Å². The first-order chi connectivity index (χ1) is 14.2. The zero-order valence-electron chi connectivity index (χ0n) is 16.4. The molecule has 1 fully saturated rings. The number of benzene rings is 2. The maximum atomic E-state index is 11.0. The smallest absolute Gasteiger partial charge is 0.226 e. The van der Waals surface area contributed by atoms with Crippen LogP contribution in [0.3, 0.4) is 0 Å². The van der Waals surface area contributed by atoms with Gasteiger partial charge in [0.25, 0.3) is 0 Å². The first kappa shape index (κ1) is 22.2. The van der Waals surface area contributed by atoms with E-state index in [2.05, 4.69) is 0 Å². The van der Waals surface area contributed by atoms with E-state index in [1.807, 2.05) is 37.3 Å². The third kappa shape index (κ3) is 3.91. The fourth-order valence-corrected chi connectivity index (χ4v) is 3.66. The van der Waals surface area contributed by atoms with Gasteiger partial charge in [-0.3, -0.25) is 0 Å². The Morgan fingerprint density at radius 2 is 1.70 bits per heavy atom. The van der Waals surface area contributed by atoms with Gasteiger partial charge in [-0.15, -0.1) is 0 Å². The van der Waals surface area contributed by atoms with E-state index in [4.69, 9.17) is 4.74 Å². The number of phenols is 1. The molecule has 0 radical (unpaired) electrons. The minimum atomic E-state index is -2.61. The Hall–Kier alpha value is -2.51. The van der Waals surface area contributed by atoms with Crippen molar-refractivity contribution in [1.29, 1.82) is 5.26 Å². The Bertz CT molecular complexity index is 938. The maximum Gasteiger partial charge on any atom is 0.226 e. The molecule has 0 aromatic heterocycles. The number of aromatic hydroxyl groups is 1. The average Bonchev–Trinajstić information content (AvgIpc) is 2.76. The van der Waals surface area contributed by atoms with Crippen molar-refractivity contribution in [2.75, 3.05) is 6.61 Å². The van der Waals surface area contributed by atoms with Crippen LogP contribution in [0.2, 0.25) is 0 Å². The lowest BCUT2D eigenvalue weighted by Crippen LogP contribution is -2.63. The number of hydrogen-bond donors (Lipinski definition) is 6. The molecular formula is C22H25NO7. The molecule has 6 N–H and O–H groups in total. The molecule has 1 aliphatic heterocycles. The van der Waals surface area contributed by atoms with Crippen molar-refractivity contribution in [3.63, 3.8) is 0 Å². The highest BCUT2D eigenvalue weighted by molar-refractivity contribution is 5.51. The molecule has 0 saturated carbocycles. The molecule has 0 amide bonds. The summed E-state index contributed by atoms with van der Waals surface area (Å²) in [6, 6.07) is 12.2. The van der Waals surface area contributed by atoms with Crippen LogP contribution in [0, 0.1) is 11.3 Å². The van der Waals surface area contributed by atoms with Gasteiger partial charge >= 0.3 is 0 Å². The van der Waals surface area contributed by atoms with Gasteiger partial charge in [0.05, 0.1) is 23.8 Å². The Morgan fingerprint density at radius 3 is 2.27 bits per heavy atom. The third-order valence-corrected chi connectivity index (χ3v) is 5.52. The summed E-state index contributed by atoms with van der Waals surface area (Å²) in [6.45, 7) is 1.30. The predicted molar refractivity (Wildman–Crippen MR) is 105 cm³/mol. The van der Waals surface area contributed by atoms with Gasteiger partial charge in [0.2, 0.25) is 5.79 Å². The molecule has 0 aliphatic carbocycles. The van der Waals surface area contributed by atoms with E-state index in [0.29, 0.717) is 12.0 Å². The van der Waals surface area contributed by atoms with Gasteiger partial charge in [0.1, 0.15) is 30.2 Å². The number of aryl methyl sites for hydroxylation is 1. The van der Waals surface area contributed by atoms with Crippen LogP contribution in [-0.4, -0.2) is 61.7 Å². The van der Waals surface area contributed by atoms with Crippen LogP contribution in [0.4, 0.5) is 0 Å². The van der Waals surface area contributed by atoms with Gasteiger partial charge < -0.3 is 35.4 Å². The molecule has 1 saturated heterocycles. The number of nitriles is 1. The van der Waals surface area contributed by atoms with Gasteiger partial charge in [-0.2, -0.15) is 5.26 Å². The van der Waals surface area contributed by atoms with Gasteiger partial charge in [0, 0.05) is 0 Å². The van der Waals surface area contributed by atoms with Crippen LogP contribution in [-0.2, 0) is 23.4 Å². The van der Waals surface area contributed by atoms with Crippen molar-refractivity contribution in [1.82, 2.24) is 0 Å². The van der Waals surface area contributed by atoms with Crippen molar-refractivity contribution in [2.24, 2.45) is 0 Å². The molecule has 2 aromatic carbocycles. The van der Waals surface area contributed by atoms with Crippen molar-refractivity contribution in [3.8, 4) is 11.8 Å². The van der Waals surface area contributed by atoms with Crippen LogP contribution in [0.5, 0.6) is 5.75 Å². The van der Waals surface area contributed by atoms with Gasteiger partial charge in [-0.05, 0) is 41.7 Å². The molecule has 5 atom stereocenters. The van der Waals surface area contributed by atoms with Crippen molar-refractivity contribution in [2.45, 2.75) is 50.0 Å². The van der Waals surface area contributed by atoms with E-state index in [1.54, 1.807) is 0 Å². The standard InChI is InChI=1S/C22H25NO7/c1-2-12-3-5-13(6-4-12)7-14-8-16(17(25)9-15(14)10-23)22(29)21(28)20(27)19(26)18(11-24)30-22/h3-6,8-9,18-21,24-29H,2,7,11H2,1H3/t18-,19-,20+,21-,22+/m1/s1. The second-order valence-corrected chi connectivity index (χ2v) is 7.45. The molecule has 160 valence electrons. The number of hydrogen-bond acceptors (Lipinski definition) is 8. The summed E-state index contributed by atoms with van der Waals surface area (Å²) >= 11 is 0. The Labute approximate surface area is 173 Å². The zero-order valence-corrected chi connectivity index (χ0v) is 16.4. The van der Waals surface area contributed by atoms with E-state index in [9.17, 15) is 35.9 Å². The van der Waals surface area contributed by atoms with Gasteiger partial charge in [-0.25, -0.2) is 0 Å². The highest BCUT2D eigenvalue weighted by Crippen LogP contribution is 2.41. The van der Waals surface area contributed by atoms with Crippen LogP contribution >= 0.6 is 0 Å². The zero-order chi connectivity index (χ0) is 22.1. The molecule has 8 heteroatoms. The summed E-state index contributed by atoms with van der Waals surface area (Å²) in [7, 11) is 0. The number of phenolic OH excluding ortho intramolecular Hbond substituents is 1. The molecule has 0 spiro atoms. The first-order valence-corrected chi connectivity index (χ1v) is 9.64. The van der Waals surface area contributed by atoms with E-state index >= 15 is 0 Å². The molecule has 0 unspecified atom stereocenters. The Morgan fingerprint density at radius 1 is 1.07 bits per heavy atom. The molecule has 0 bridgehead atoms. The molecular weight excluding hydrogens is 390 g/mol. The van der Waals surface area contributed by atoms with E-state index in [0.717, 1.165) is 23.6 Å². The van der Waals surface area contributed by atoms with Gasteiger partial charge in [-0.1, -0.05) is 31.2 Å². The predicted octanol–water partition coefficient (Wildman–Crippen LogP) is 0.0360. The number of rotatable bonds is 5. The number of aliphatic hydroxyl groups is 5. The monoisotopic (exact) mass is 415 g/mol. The van der Waals surface area contributed by atoms with E-state index < -0.39 is 42.6 Å². The van der Waals surface area contributed by atoms with Crippen LogP contribution in [0.25, 0.3) is 0 Å². The summed E-state index contributed by atoms with van der Waals surface area (Å²) in [4.78, 5) is 0. The molecule has 2 aromatic rings. The first-order valence-electron chi connectivity index (χ1n) is 9.64. The van der Waals surface area contributed by atoms with Crippen molar-refractivity contribution < 1.29 is 35.4 Å². The molecule has 8 nitrogen and oxygen atoms in total. The second-order valence-electron chi connectivity index (χ2n) is 7.45. The summed E-state index contributed by atoms with van der Waals surface area (Å²) < 4.78 is 5.30. The average molecular weight is 415 g/mol. The van der Waals surface area contributed by atoms with Crippen LogP contribution in [0.15, 0.2) is 36.4 Å². The van der Waals surface area contributed by atoms with E-state index in [1.165, 1.54) is 6.07 Å². The fourth-order valence-electron chi connectivity index (χ4n) is 3.66. The van der Waals surface area contributed by atoms with Crippen LogP contribution < -0.4 is 0 Å². The summed E-state index contributed by atoms with van der Waals surface area (Å²) in [5, 5.41) is 70.7. The van der Waals surface area contributed by atoms with Gasteiger partial charge in [0.15, 0.2) is 0 Å². The second kappa shape index (κ2) is 8.70. The highest BCUT2D eigenvalue weighted by atomic mass is 16.7. The molecule has 3 rings (SSSR count). The molecule has 1 aliphatic rings. The third-order valence-electron chi connectivity index (χ3n) is 5.52. The largest absolute Gasteiger partial charge is 0.507 e. The number of aliphatic hydroxyl groups excluding tert-OH is 4. The lowest BCUT2D eigenvalue weighted by atomic mass is 9.85. The maximum absolute atomic E-state index is 11.0. The Balaban J connectivity index is 2.04. The normalized spacial score (nSPS) is 28.8. The number of nitrogens with zero attached hydrogens (tertiary/aromatic N) is 1. The fraction of sp³-hybridized carbons (Fsp3) is 0.409. The molecule has 30 heavy (non-hydrogen) atoms. The Kier molecular flexibility index (Phi) is 6.43. The van der Waals surface area contributed by atoms with E-state index in [-0.39, 0.29) is 11.1 Å². The summed E-state index contributed by atoms with van der Waals surface area (Å²) in [6.07, 6.45) is -5.68. The van der Waals surface area contributed by atoms with Crippen molar-refractivity contribution in [3.05, 3.63) is 64.2 Å². The molecule has 1 heterocycles. The minimum Gasteiger partial charge on any atom is -0.507 e. The lowest BCUT2D eigenvalue weighted by molar-refractivity contribution is -0.358.